The summed E-state index contributed by atoms with van der Waals surface area (Å²) in [6.45, 7) is 2.79. The van der Waals surface area contributed by atoms with E-state index in [1.807, 2.05) is 54.0 Å². The molecule has 3 rings (SSSR count). The lowest BCUT2D eigenvalue weighted by Gasteiger charge is -2.08. The Morgan fingerprint density at radius 1 is 1.10 bits per heavy atom. The van der Waals surface area contributed by atoms with Crippen LogP contribution in [0.4, 0.5) is 5.69 Å². The molecular weight excluding hydrogens is 447 g/mol. The van der Waals surface area contributed by atoms with E-state index in [0.717, 1.165) is 34.5 Å². The molecule has 1 amide bonds. The largest absolute Gasteiger partial charge is 0.325 e. The summed E-state index contributed by atoms with van der Waals surface area (Å²) < 4.78 is 2.04. The van der Waals surface area contributed by atoms with Crippen molar-refractivity contribution in [2.45, 2.75) is 30.1 Å². The summed E-state index contributed by atoms with van der Waals surface area (Å²) in [6, 6.07) is 14.9. The molecular formula is C20H20Cl2N4OS2. The van der Waals surface area contributed by atoms with Gasteiger partial charge >= 0.3 is 0 Å². The van der Waals surface area contributed by atoms with Gasteiger partial charge in [0.1, 0.15) is 5.82 Å². The fraction of sp³-hybridized carbons (Fsp3) is 0.250. The van der Waals surface area contributed by atoms with E-state index < -0.39 is 0 Å². The number of para-hydroxylation sites is 1. The number of rotatable bonds is 9. The average molecular weight is 467 g/mol. The fourth-order valence-electron chi connectivity index (χ4n) is 2.59. The highest BCUT2D eigenvalue weighted by atomic mass is 35.5. The van der Waals surface area contributed by atoms with Crippen LogP contribution in [0.1, 0.15) is 18.3 Å². The van der Waals surface area contributed by atoms with Crippen molar-refractivity contribution >= 4 is 58.3 Å². The summed E-state index contributed by atoms with van der Waals surface area (Å²) in [6.07, 6.45) is 0. The minimum Gasteiger partial charge on any atom is -0.325 e. The maximum Gasteiger partial charge on any atom is 0.234 e. The summed E-state index contributed by atoms with van der Waals surface area (Å²) in [5.41, 5.74) is 1.82. The Labute approximate surface area is 188 Å². The topological polar surface area (TPSA) is 59.8 Å². The standard InChI is InChI=1S/C20H20Cl2N4OS2/c1-2-26-18(12-28-11-14-8-9-15(21)10-17(14)22)24-25-20(26)29-13-19(27)23-16-6-4-3-5-7-16/h3-10H,2,11-13H2,1H3,(H,23,27). The Bertz CT molecular complexity index is 966. The Morgan fingerprint density at radius 3 is 2.62 bits per heavy atom. The number of carbonyl (C=O) groups is 1. The molecule has 0 radical (unpaired) electrons. The van der Waals surface area contributed by atoms with Gasteiger partial charge < -0.3 is 9.88 Å². The molecule has 0 aliphatic heterocycles. The number of hydrogen-bond acceptors (Lipinski definition) is 5. The molecule has 0 atom stereocenters. The monoisotopic (exact) mass is 466 g/mol. The van der Waals surface area contributed by atoms with E-state index in [-0.39, 0.29) is 11.7 Å². The molecule has 9 heteroatoms. The number of amides is 1. The number of benzene rings is 2. The van der Waals surface area contributed by atoms with E-state index in [1.54, 1.807) is 17.8 Å². The van der Waals surface area contributed by atoms with Crippen molar-refractivity contribution in [1.82, 2.24) is 14.8 Å². The predicted octanol–water partition coefficient (Wildman–Crippen LogP) is 5.77. The number of anilines is 1. The first kappa shape index (κ1) is 22.0. The molecule has 0 fully saturated rings. The molecule has 152 valence electrons. The van der Waals surface area contributed by atoms with Gasteiger partial charge in [0, 0.05) is 28.0 Å². The number of nitrogens with zero attached hydrogens (tertiary/aromatic N) is 3. The summed E-state index contributed by atoms with van der Waals surface area (Å²) in [7, 11) is 0. The lowest BCUT2D eigenvalue weighted by Crippen LogP contribution is -2.14. The van der Waals surface area contributed by atoms with Gasteiger partial charge in [0.15, 0.2) is 5.16 Å². The zero-order valence-corrected chi connectivity index (χ0v) is 18.9. The highest BCUT2D eigenvalue weighted by molar-refractivity contribution is 7.99. The molecule has 3 aromatic rings. The van der Waals surface area contributed by atoms with Crippen molar-refractivity contribution in [3.05, 3.63) is 70.0 Å². The fourth-order valence-corrected chi connectivity index (χ4v) is 4.94. The third kappa shape index (κ3) is 6.40. The molecule has 1 heterocycles. The van der Waals surface area contributed by atoms with E-state index in [0.29, 0.717) is 15.8 Å². The van der Waals surface area contributed by atoms with Crippen LogP contribution in [0.5, 0.6) is 0 Å². The molecule has 0 saturated heterocycles. The van der Waals surface area contributed by atoms with Gasteiger partial charge in [-0.1, -0.05) is 59.2 Å². The van der Waals surface area contributed by atoms with Crippen molar-refractivity contribution in [3.8, 4) is 0 Å². The molecule has 0 aliphatic rings. The first-order chi connectivity index (χ1) is 14.1. The number of halogens is 2. The zero-order chi connectivity index (χ0) is 20.6. The number of carbonyl (C=O) groups excluding carboxylic acids is 1. The highest BCUT2D eigenvalue weighted by Gasteiger charge is 2.13. The molecule has 0 spiro atoms. The third-order valence-corrected chi connectivity index (χ3v) is 6.53. The smallest absolute Gasteiger partial charge is 0.234 e. The second-order valence-electron chi connectivity index (χ2n) is 6.07. The molecule has 1 N–H and O–H groups in total. The van der Waals surface area contributed by atoms with Crippen LogP contribution in [0.3, 0.4) is 0 Å². The van der Waals surface area contributed by atoms with Gasteiger partial charge in [-0.05, 0) is 36.8 Å². The van der Waals surface area contributed by atoms with E-state index in [4.69, 9.17) is 23.2 Å². The van der Waals surface area contributed by atoms with E-state index in [2.05, 4.69) is 15.5 Å². The van der Waals surface area contributed by atoms with Gasteiger partial charge in [-0.25, -0.2) is 0 Å². The minimum atomic E-state index is -0.0693. The molecule has 29 heavy (non-hydrogen) atoms. The molecule has 5 nitrogen and oxygen atoms in total. The molecule has 0 aliphatic carbocycles. The molecule has 2 aromatic carbocycles. The van der Waals surface area contributed by atoms with Crippen molar-refractivity contribution in [2.24, 2.45) is 0 Å². The van der Waals surface area contributed by atoms with Crippen LogP contribution in [0, 0.1) is 0 Å². The van der Waals surface area contributed by atoms with Gasteiger partial charge in [0.25, 0.3) is 0 Å². The summed E-state index contributed by atoms with van der Waals surface area (Å²) in [5, 5.41) is 13.5. The number of nitrogens with one attached hydrogen (secondary N) is 1. The van der Waals surface area contributed by atoms with Gasteiger partial charge in [-0.3, -0.25) is 4.79 Å². The van der Waals surface area contributed by atoms with Crippen LogP contribution in [0.25, 0.3) is 0 Å². The Morgan fingerprint density at radius 2 is 1.90 bits per heavy atom. The lowest BCUT2D eigenvalue weighted by molar-refractivity contribution is -0.113. The van der Waals surface area contributed by atoms with Crippen LogP contribution in [-0.4, -0.2) is 26.4 Å². The van der Waals surface area contributed by atoms with E-state index in [1.165, 1.54) is 11.8 Å². The Hall–Kier alpha value is -1.67. The summed E-state index contributed by atoms with van der Waals surface area (Å²) >= 11 is 15.3. The van der Waals surface area contributed by atoms with Crippen molar-refractivity contribution < 1.29 is 4.79 Å². The number of aromatic nitrogens is 3. The zero-order valence-electron chi connectivity index (χ0n) is 15.8. The minimum absolute atomic E-state index is 0.0693. The van der Waals surface area contributed by atoms with Gasteiger partial charge in [-0.15, -0.1) is 22.0 Å². The molecule has 1 aromatic heterocycles. The maximum absolute atomic E-state index is 12.2. The summed E-state index contributed by atoms with van der Waals surface area (Å²) in [5.74, 6) is 2.56. The second kappa shape index (κ2) is 10.9. The summed E-state index contributed by atoms with van der Waals surface area (Å²) in [4.78, 5) is 12.2. The average Bonchev–Trinajstić information content (AvgIpc) is 3.10. The highest BCUT2D eigenvalue weighted by Crippen LogP contribution is 2.27. The normalized spacial score (nSPS) is 10.9. The Kier molecular flexibility index (Phi) is 8.29. The van der Waals surface area contributed by atoms with Crippen molar-refractivity contribution in [1.29, 1.82) is 0 Å². The number of thioether (sulfide) groups is 2. The molecule has 0 saturated carbocycles. The quantitative estimate of drug-likeness (QED) is 0.405. The van der Waals surface area contributed by atoms with Crippen LogP contribution < -0.4 is 5.32 Å². The first-order valence-electron chi connectivity index (χ1n) is 8.98. The SMILES string of the molecule is CCn1c(CSCc2ccc(Cl)cc2Cl)nnc1SCC(=O)Nc1ccccc1. The molecule has 0 bridgehead atoms. The van der Waals surface area contributed by atoms with Gasteiger partial charge in [-0.2, -0.15) is 0 Å². The van der Waals surface area contributed by atoms with Gasteiger partial charge in [0.05, 0.1) is 11.5 Å². The molecule has 0 unspecified atom stereocenters. The Balaban J connectivity index is 1.53. The van der Waals surface area contributed by atoms with Crippen LogP contribution >= 0.6 is 46.7 Å². The van der Waals surface area contributed by atoms with Gasteiger partial charge in [0.2, 0.25) is 5.91 Å². The first-order valence-corrected chi connectivity index (χ1v) is 11.9. The maximum atomic E-state index is 12.2. The second-order valence-corrected chi connectivity index (χ2v) is 8.85. The lowest BCUT2D eigenvalue weighted by atomic mass is 10.2. The van der Waals surface area contributed by atoms with Crippen molar-refractivity contribution in [3.63, 3.8) is 0 Å². The van der Waals surface area contributed by atoms with Crippen LogP contribution in [0.2, 0.25) is 10.0 Å². The van der Waals surface area contributed by atoms with Crippen molar-refractivity contribution in [2.75, 3.05) is 11.1 Å². The van der Waals surface area contributed by atoms with Crippen LogP contribution in [0.15, 0.2) is 53.7 Å². The number of hydrogen-bond donors (Lipinski definition) is 1. The van der Waals surface area contributed by atoms with E-state index >= 15 is 0 Å². The van der Waals surface area contributed by atoms with Crippen LogP contribution in [-0.2, 0) is 22.8 Å². The van der Waals surface area contributed by atoms with E-state index in [9.17, 15) is 4.79 Å². The third-order valence-electron chi connectivity index (χ3n) is 4.00. The predicted molar refractivity (Wildman–Crippen MR) is 123 cm³/mol.